The summed E-state index contributed by atoms with van der Waals surface area (Å²) in [5.74, 6) is -3.42. The van der Waals surface area contributed by atoms with Gasteiger partial charge < -0.3 is 15.3 Å². The number of carbonyl (C=O) groups is 1. The van der Waals surface area contributed by atoms with Gasteiger partial charge >= 0.3 is 5.97 Å². The van der Waals surface area contributed by atoms with Gasteiger partial charge in [-0.1, -0.05) is 6.07 Å². The van der Waals surface area contributed by atoms with Gasteiger partial charge in [0.1, 0.15) is 0 Å². The number of rotatable bonds is 3. The summed E-state index contributed by atoms with van der Waals surface area (Å²) in [6, 6.07) is 2.25. The molecule has 3 N–H and O–H groups in total. The fourth-order valence-corrected chi connectivity index (χ4v) is 1.29. The maximum atomic E-state index is 12.8. The number of carboxylic acid groups (broad SMARTS) is 1. The lowest BCUT2D eigenvalue weighted by Crippen LogP contribution is -2.26. The molecule has 0 saturated heterocycles. The van der Waals surface area contributed by atoms with Crippen molar-refractivity contribution < 1.29 is 24.5 Å². The van der Waals surface area contributed by atoms with Crippen molar-refractivity contribution in [3.8, 4) is 11.5 Å². The molecule has 0 aliphatic heterocycles. The molecule has 0 spiro atoms. The first-order valence-corrected chi connectivity index (χ1v) is 4.68. The van der Waals surface area contributed by atoms with E-state index in [0.29, 0.717) is 0 Å². The highest BCUT2D eigenvalue weighted by molar-refractivity contribution is 5.74. The number of halogens is 1. The van der Waals surface area contributed by atoms with Gasteiger partial charge in [-0.2, -0.15) is 0 Å². The smallest absolute Gasteiger partial charge is 0.309 e. The Morgan fingerprint density at radius 3 is 2.38 bits per heavy atom. The molecule has 0 saturated carbocycles. The monoisotopic (exact) mass is 228 g/mol. The number of hydrogen-bond acceptors (Lipinski definition) is 3. The van der Waals surface area contributed by atoms with Crippen LogP contribution in [0.5, 0.6) is 11.5 Å². The predicted octanol–water partition coefficient (Wildman–Crippen LogP) is 1.89. The van der Waals surface area contributed by atoms with Crippen molar-refractivity contribution in [2.24, 2.45) is 5.41 Å². The largest absolute Gasteiger partial charge is 0.504 e. The highest BCUT2D eigenvalue weighted by atomic mass is 19.1. The SMILES string of the molecule is CC(C)(Cc1ccc(F)c(O)c1O)C(=O)O. The Balaban J connectivity index is 3.08. The van der Waals surface area contributed by atoms with E-state index in [0.717, 1.165) is 6.07 Å². The highest BCUT2D eigenvalue weighted by Crippen LogP contribution is 2.35. The normalized spacial score (nSPS) is 11.4. The van der Waals surface area contributed by atoms with Crippen LogP contribution in [-0.4, -0.2) is 21.3 Å². The van der Waals surface area contributed by atoms with Crippen molar-refractivity contribution in [2.45, 2.75) is 20.3 Å². The minimum atomic E-state index is -1.10. The van der Waals surface area contributed by atoms with Crippen LogP contribution < -0.4 is 0 Å². The maximum Gasteiger partial charge on any atom is 0.309 e. The summed E-state index contributed by atoms with van der Waals surface area (Å²) in [7, 11) is 0. The van der Waals surface area contributed by atoms with Crippen molar-refractivity contribution in [3.63, 3.8) is 0 Å². The Morgan fingerprint density at radius 2 is 1.88 bits per heavy atom. The van der Waals surface area contributed by atoms with E-state index >= 15 is 0 Å². The van der Waals surface area contributed by atoms with Crippen LogP contribution >= 0.6 is 0 Å². The number of benzene rings is 1. The quantitative estimate of drug-likeness (QED) is 0.690. The fourth-order valence-electron chi connectivity index (χ4n) is 1.29. The molecule has 0 radical (unpaired) electrons. The van der Waals surface area contributed by atoms with Crippen molar-refractivity contribution in [3.05, 3.63) is 23.5 Å². The van der Waals surface area contributed by atoms with Crippen molar-refractivity contribution in [1.29, 1.82) is 0 Å². The summed E-state index contributed by atoms with van der Waals surface area (Å²) >= 11 is 0. The summed E-state index contributed by atoms with van der Waals surface area (Å²) in [5.41, 5.74) is -0.895. The van der Waals surface area contributed by atoms with E-state index < -0.39 is 28.7 Å². The topological polar surface area (TPSA) is 77.8 Å². The van der Waals surface area contributed by atoms with Crippen molar-refractivity contribution >= 4 is 5.97 Å². The standard InChI is InChI=1S/C11H13FO4/c1-11(2,10(15)16)5-6-3-4-7(12)9(14)8(6)13/h3-4,13-14H,5H2,1-2H3,(H,15,16). The van der Waals surface area contributed by atoms with Crippen LogP contribution in [0.2, 0.25) is 0 Å². The van der Waals surface area contributed by atoms with E-state index in [1.807, 2.05) is 0 Å². The van der Waals surface area contributed by atoms with Crippen LogP contribution in [0.4, 0.5) is 4.39 Å². The molecule has 0 fully saturated rings. The van der Waals surface area contributed by atoms with Gasteiger partial charge in [0.15, 0.2) is 17.3 Å². The second-order valence-electron chi connectivity index (χ2n) is 4.27. The van der Waals surface area contributed by atoms with Gasteiger partial charge in [-0.25, -0.2) is 4.39 Å². The Morgan fingerprint density at radius 1 is 1.31 bits per heavy atom. The first kappa shape index (κ1) is 12.3. The molecule has 16 heavy (non-hydrogen) atoms. The maximum absolute atomic E-state index is 12.8. The zero-order valence-corrected chi connectivity index (χ0v) is 8.99. The Hall–Kier alpha value is -1.78. The number of phenols is 2. The summed E-state index contributed by atoms with van der Waals surface area (Å²) in [5, 5.41) is 27.5. The first-order valence-electron chi connectivity index (χ1n) is 4.68. The number of aromatic hydroxyl groups is 2. The van der Waals surface area contributed by atoms with E-state index in [4.69, 9.17) is 10.2 Å². The molecular weight excluding hydrogens is 215 g/mol. The summed E-state index contributed by atoms with van der Waals surface area (Å²) < 4.78 is 12.8. The zero-order valence-electron chi connectivity index (χ0n) is 8.99. The van der Waals surface area contributed by atoms with Gasteiger partial charge in [0.25, 0.3) is 0 Å². The average molecular weight is 228 g/mol. The lowest BCUT2D eigenvalue weighted by molar-refractivity contribution is -0.146. The van der Waals surface area contributed by atoms with Gasteiger partial charge in [0.2, 0.25) is 0 Å². The molecule has 1 aromatic rings. The molecule has 0 aromatic heterocycles. The molecule has 0 unspecified atom stereocenters. The molecular formula is C11H13FO4. The molecule has 0 amide bonds. The van der Waals surface area contributed by atoms with E-state index in [1.54, 1.807) is 0 Å². The Kier molecular flexibility index (Phi) is 3.07. The van der Waals surface area contributed by atoms with Gasteiger partial charge in [-0.3, -0.25) is 4.79 Å². The molecule has 0 aliphatic carbocycles. The number of carboxylic acids is 1. The minimum absolute atomic E-state index is 0.00199. The Bertz CT molecular complexity index is 426. The van der Waals surface area contributed by atoms with Gasteiger partial charge in [-0.15, -0.1) is 0 Å². The van der Waals surface area contributed by atoms with Crippen molar-refractivity contribution in [1.82, 2.24) is 0 Å². The lowest BCUT2D eigenvalue weighted by Gasteiger charge is -2.19. The second kappa shape index (κ2) is 4.00. The van der Waals surface area contributed by atoms with Gasteiger partial charge in [-0.05, 0) is 31.9 Å². The number of hydrogen-bond donors (Lipinski definition) is 3. The Labute approximate surface area is 92.0 Å². The van der Waals surface area contributed by atoms with Crippen LogP contribution in [0.3, 0.4) is 0 Å². The van der Waals surface area contributed by atoms with E-state index in [1.165, 1.54) is 19.9 Å². The van der Waals surface area contributed by atoms with Gasteiger partial charge in [0.05, 0.1) is 5.41 Å². The number of phenolic OH excluding ortho intramolecular Hbond substituents is 2. The minimum Gasteiger partial charge on any atom is -0.504 e. The first-order chi connectivity index (χ1) is 7.25. The van der Waals surface area contributed by atoms with Crippen LogP contribution in [0.25, 0.3) is 0 Å². The molecule has 0 aliphatic rings. The third-order valence-corrected chi connectivity index (χ3v) is 2.40. The fraction of sp³-hybridized carbons (Fsp3) is 0.364. The molecule has 4 nitrogen and oxygen atoms in total. The molecule has 1 aromatic carbocycles. The van der Waals surface area contributed by atoms with Crippen LogP contribution in [-0.2, 0) is 11.2 Å². The average Bonchev–Trinajstić information content (AvgIpc) is 2.19. The predicted molar refractivity (Wildman–Crippen MR) is 54.9 cm³/mol. The molecule has 0 heterocycles. The summed E-state index contributed by atoms with van der Waals surface area (Å²) in [6.07, 6.45) is 0.00199. The highest BCUT2D eigenvalue weighted by Gasteiger charge is 2.29. The molecule has 0 bridgehead atoms. The lowest BCUT2D eigenvalue weighted by atomic mass is 9.85. The van der Waals surface area contributed by atoms with Gasteiger partial charge in [0, 0.05) is 0 Å². The molecule has 0 atom stereocenters. The van der Waals surface area contributed by atoms with Crippen LogP contribution in [0, 0.1) is 11.2 Å². The van der Waals surface area contributed by atoms with E-state index in [-0.39, 0.29) is 12.0 Å². The molecule has 5 heteroatoms. The third kappa shape index (κ3) is 2.24. The molecule has 1 rings (SSSR count). The second-order valence-corrected chi connectivity index (χ2v) is 4.27. The third-order valence-electron chi connectivity index (χ3n) is 2.40. The zero-order chi connectivity index (χ0) is 12.5. The van der Waals surface area contributed by atoms with Crippen LogP contribution in [0.1, 0.15) is 19.4 Å². The van der Waals surface area contributed by atoms with Crippen molar-refractivity contribution in [2.75, 3.05) is 0 Å². The molecule has 88 valence electrons. The number of aliphatic carboxylic acids is 1. The van der Waals surface area contributed by atoms with Crippen LogP contribution in [0.15, 0.2) is 12.1 Å². The summed E-state index contributed by atoms with van der Waals surface area (Å²) in [6.45, 7) is 2.96. The summed E-state index contributed by atoms with van der Waals surface area (Å²) in [4.78, 5) is 10.9. The van der Waals surface area contributed by atoms with E-state index in [9.17, 15) is 14.3 Å². The van der Waals surface area contributed by atoms with E-state index in [2.05, 4.69) is 0 Å².